The number of rotatable bonds is 7. The molecule has 0 aliphatic carbocycles. The molecule has 0 saturated heterocycles. The van der Waals surface area contributed by atoms with Crippen LogP contribution in [0.1, 0.15) is 46.5 Å². The van der Waals surface area contributed by atoms with Gasteiger partial charge in [-0.3, -0.25) is 0 Å². The second kappa shape index (κ2) is 6.39. The fraction of sp³-hybridized carbons (Fsp3) is 1.00. The van der Waals surface area contributed by atoms with E-state index < -0.39 is 0 Å². The predicted octanol–water partition coefficient (Wildman–Crippen LogP) is 2.19. The molecule has 0 aliphatic heterocycles. The normalized spacial score (nSPS) is 12.5. The molecular weight excluding hydrogens is 164 g/mol. The number of aliphatic hydroxyl groups excluding tert-OH is 2. The van der Waals surface area contributed by atoms with Crippen LogP contribution in [0.15, 0.2) is 0 Å². The van der Waals surface area contributed by atoms with Gasteiger partial charge in [-0.25, -0.2) is 0 Å². The highest BCUT2D eigenvalue weighted by molar-refractivity contribution is 4.78. The first-order valence-electron chi connectivity index (χ1n) is 5.32. The molecule has 2 N–H and O–H groups in total. The second-order valence-electron chi connectivity index (χ2n) is 4.52. The summed E-state index contributed by atoms with van der Waals surface area (Å²) in [7, 11) is 0. The van der Waals surface area contributed by atoms with Crippen LogP contribution in [0.2, 0.25) is 0 Å². The summed E-state index contributed by atoms with van der Waals surface area (Å²) in [6, 6.07) is 0. The highest BCUT2D eigenvalue weighted by Crippen LogP contribution is 2.31. The molecule has 0 saturated carbocycles. The van der Waals surface area contributed by atoms with Crippen LogP contribution in [0.25, 0.3) is 0 Å². The van der Waals surface area contributed by atoms with E-state index in [2.05, 4.69) is 20.8 Å². The van der Waals surface area contributed by atoms with Gasteiger partial charge in [-0.2, -0.15) is 0 Å². The Morgan fingerprint density at radius 2 is 1.69 bits per heavy atom. The van der Waals surface area contributed by atoms with Crippen molar-refractivity contribution in [3.05, 3.63) is 0 Å². The Balaban J connectivity index is 4.13. The fourth-order valence-electron chi connectivity index (χ4n) is 1.86. The zero-order valence-corrected chi connectivity index (χ0v) is 9.21. The average molecular weight is 188 g/mol. The van der Waals surface area contributed by atoms with Gasteiger partial charge in [-0.05, 0) is 18.8 Å². The van der Waals surface area contributed by atoms with E-state index >= 15 is 0 Å². The zero-order chi connectivity index (χ0) is 10.3. The fourth-order valence-corrected chi connectivity index (χ4v) is 1.86. The summed E-state index contributed by atoms with van der Waals surface area (Å²) in [6.45, 7) is 6.62. The van der Waals surface area contributed by atoms with Gasteiger partial charge in [-0.15, -0.1) is 0 Å². The Bertz CT molecular complexity index is 117. The molecule has 0 rings (SSSR count). The molecule has 0 aromatic heterocycles. The quantitative estimate of drug-likeness (QED) is 0.643. The molecule has 0 spiro atoms. The van der Waals surface area contributed by atoms with Crippen molar-refractivity contribution in [3.8, 4) is 0 Å². The minimum Gasteiger partial charge on any atom is -0.396 e. The molecule has 80 valence electrons. The first kappa shape index (κ1) is 12.9. The molecule has 0 bridgehead atoms. The monoisotopic (exact) mass is 188 g/mol. The maximum Gasteiger partial charge on any atom is 0.0509 e. The standard InChI is InChI=1S/C11H24O2/c1-4-5-6-11(8-12,9-13)7-10(2)3/h10,12-13H,4-9H2,1-3H3. The summed E-state index contributed by atoms with van der Waals surface area (Å²) in [5.41, 5.74) is -0.232. The van der Waals surface area contributed by atoms with Crippen molar-refractivity contribution in [2.75, 3.05) is 13.2 Å². The van der Waals surface area contributed by atoms with Crippen molar-refractivity contribution in [1.29, 1.82) is 0 Å². The third-order valence-corrected chi connectivity index (χ3v) is 2.57. The van der Waals surface area contributed by atoms with Gasteiger partial charge in [-0.1, -0.05) is 33.6 Å². The molecule has 0 aromatic rings. The first-order valence-corrected chi connectivity index (χ1v) is 5.32. The third kappa shape index (κ3) is 4.63. The van der Waals surface area contributed by atoms with Gasteiger partial charge in [0.05, 0.1) is 13.2 Å². The lowest BCUT2D eigenvalue weighted by Crippen LogP contribution is -2.31. The van der Waals surface area contributed by atoms with Gasteiger partial charge < -0.3 is 10.2 Å². The highest BCUT2D eigenvalue weighted by Gasteiger charge is 2.28. The number of hydrogen-bond acceptors (Lipinski definition) is 2. The van der Waals surface area contributed by atoms with Gasteiger partial charge in [0, 0.05) is 5.41 Å². The Labute approximate surface area is 82.0 Å². The van der Waals surface area contributed by atoms with E-state index in [1.54, 1.807) is 0 Å². The molecule has 2 heteroatoms. The highest BCUT2D eigenvalue weighted by atomic mass is 16.3. The molecule has 0 amide bonds. The summed E-state index contributed by atoms with van der Waals surface area (Å²) in [6.07, 6.45) is 4.07. The van der Waals surface area contributed by atoms with Crippen molar-refractivity contribution in [3.63, 3.8) is 0 Å². The van der Waals surface area contributed by atoms with Gasteiger partial charge in [0.25, 0.3) is 0 Å². The largest absolute Gasteiger partial charge is 0.396 e. The first-order chi connectivity index (χ1) is 6.10. The van der Waals surface area contributed by atoms with E-state index in [4.69, 9.17) is 0 Å². The second-order valence-corrected chi connectivity index (χ2v) is 4.52. The Kier molecular flexibility index (Phi) is 6.35. The van der Waals surface area contributed by atoms with Crippen molar-refractivity contribution in [2.45, 2.75) is 46.5 Å². The lowest BCUT2D eigenvalue weighted by atomic mass is 9.77. The molecule has 0 heterocycles. The lowest BCUT2D eigenvalue weighted by molar-refractivity contribution is 0.0279. The van der Waals surface area contributed by atoms with Gasteiger partial charge >= 0.3 is 0 Å². The van der Waals surface area contributed by atoms with E-state index in [0.29, 0.717) is 5.92 Å². The summed E-state index contributed by atoms with van der Waals surface area (Å²) in [5, 5.41) is 18.6. The van der Waals surface area contributed by atoms with Crippen molar-refractivity contribution >= 4 is 0 Å². The third-order valence-electron chi connectivity index (χ3n) is 2.57. The van der Waals surface area contributed by atoms with Gasteiger partial charge in [0.1, 0.15) is 0 Å². The van der Waals surface area contributed by atoms with Gasteiger partial charge in [0.2, 0.25) is 0 Å². The van der Waals surface area contributed by atoms with Crippen LogP contribution < -0.4 is 0 Å². The minimum atomic E-state index is -0.232. The van der Waals surface area contributed by atoms with Crippen LogP contribution >= 0.6 is 0 Å². The van der Waals surface area contributed by atoms with E-state index in [-0.39, 0.29) is 18.6 Å². The topological polar surface area (TPSA) is 40.5 Å². The molecule has 0 fully saturated rings. The van der Waals surface area contributed by atoms with Crippen LogP contribution in [0, 0.1) is 11.3 Å². The van der Waals surface area contributed by atoms with E-state index in [1.165, 1.54) is 0 Å². The molecule has 0 aliphatic rings. The molecular formula is C11H24O2. The lowest BCUT2D eigenvalue weighted by Gasteiger charge is -2.31. The van der Waals surface area contributed by atoms with E-state index in [9.17, 15) is 10.2 Å². The Hall–Kier alpha value is -0.0800. The Morgan fingerprint density at radius 3 is 2.00 bits per heavy atom. The Morgan fingerprint density at radius 1 is 1.15 bits per heavy atom. The summed E-state index contributed by atoms with van der Waals surface area (Å²) in [4.78, 5) is 0. The smallest absolute Gasteiger partial charge is 0.0509 e. The van der Waals surface area contributed by atoms with Crippen LogP contribution in [-0.4, -0.2) is 23.4 Å². The predicted molar refractivity (Wildman–Crippen MR) is 55.6 cm³/mol. The van der Waals surface area contributed by atoms with Crippen molar-refractivity contribution in [2.24, 2.45) is 11.3 Å². The minimum absolute atomic E-state index is 0.113. The average Bonchev–Trinajstić information content (AvgIpc) is 2.12. The van der Waals surface area contributed by atoms with Crippen LogP contribution in [0.3, 0.4) is 0 Å². The van der Waals surface area contributed by atoms with Crippen molar-refractivity contribution < 1.29 is 10.2 Å². The van der Waals surface area contributed by atoms with Crippen molar-refractivity contribution in [1.82, 2.24) is 0 Å². The summed E-state index contributed by atoms with van der Waals surface area (Å²) < 4.78 is 0. The summed E-state index contributed by atoms with van der Waals surface area (Å²) >= 11 is 0. The molecule has 13 heavy (non-hydrogen) atoms. The van der Waals surface area contributed by atoms with Crippen LogP contribution in [-0.2, 0) is 0 Å². The maximum atomic E-state index is 9.29. The number of hydrogen-bond donors (Lipinski definition) is 2. The van der Waals surface area contributed by atoms with E-state index in [1.807, 2.05) is 0 Å². The molecule has 0 radical (unpaired) electrons. The number of unbranched alkanes of at least 4 members (excludes halogenated alkanes) is 1. The SMILES string of the molecule is CCCCC(CO)(CO)CC(C)C. The molecule has 0 unspecified atom stereocenters. The molecule has 0 aromatic carbocycles. The maximum absolute atomic E-state index is 9.29. The van der Waals surface area contributed by atoms with E-state index in [0.717, 1.165) is 25.7 Å². The van der Waals surface area contributed by atoms with Gasteiger partial charge in [0.15, 0.2) is 0 Å². The number of aliphatic hydroxyl groups is 2. The van der Waals surface area contributed by atoms with Crippen LogP contribution in [0.5, 0.6) is 0 Å². The zero-order valence-electron chi connectivity index (χ0n) is 9.21. The summed E-state index contributed by atoms with van der Waals surface area (Å²) in [5.74, 6) is 0.538. The molecule has 0 atom stereocenters. The van der Waals surface area contributed by atoms with Crippen LogP contribution in [0.4, 0.5) is 0 Å². The molecule has 2 nitrogen and oxygen atoms in total.